The maximum Gasteiger partial charge on any atom is 0.223 e. The summed E-state index contributed by atoms with van der Waals surface area (Å²) in [5.74, 6) is 1.27. The molecule has 1 heterocycles. The normalized spacial score (nSPS) is 26.8. The number of hydrogen-bond donors (Lipinski definition) is 2. The SMILES string of the molecule is CC(C)CN1CCC(C(=O)NC2CCC(NCC(C)(C)C)CC2)CC1. The summed E-state index contributed by atoms with van der Waals surface area (Å²) in [5, 5.41) is 7.05. The Hall–Kier alpha value is -0.610. The van der Waals surface area contributed by atoms with E-state index in [1.165, 1.54) is 19.4 Å². The van der Waals surface area contributed by atoms with E-state index in [1.54, 1.807) is 0 Å². The lowest BCUT2D eigenvalue weighted by atomic mass is 9.88. The van der Waals surface area contributed by atoms with Gasteiger partial charge in [-0.15, -0.1) is 0 Å². The maximum absolute atomic E-state index is 12.6. The number of hydrogen-bond acceptors (Lipinski definition) is 3. The molecule has 2 fully saturated rings. The van der Waals surface area contributed by atoms with Gasteiger partial charge in [0.15, 0.2) is 0 Å². The van der Waals surface area contributed by atoms with E-state index in [4.69, 9.17) is 0 Å². The van der Waals surface area contributed by atoms with Gasteiger partial charge in [-0.3, -0.25) is 4.79 Å². The van der Waals surface area contributed by atoms with Crippen LogP contribution in [0.25, 0.3) is 0 Å². The van der Waals surface area contributed by atoms with Crippen molar-refractivity contribution in [2.45, 2.75) is 85.2 Å². The summed E-state index contributed by atoms with van der Waals surface area (Å²) in [6, 6.07) is 1.03. The molecule has 146 valence electrons. The molecular formula is C21H41N3O. The smallest absolute Gasteiger partial charge is 0.223 e. The predicted molar refractivity (Wildman–Crippen MR) is 106 cm³/mol. The van der Waals surface area contributed by atoms with Gasteiger partial charge in [0, 0.05) is 31.1 Å². The molecular weight excluding hydrogens is 310 g/mol. The Bertz CT molecular complexity index is 400. The molecule has 0 spiro atoms. The van der Waals surface area contributed by atoms with Crippen LogP contribution in [-0.2, 0) is 4.79 Å². The minimum absolute atomic E-state index is 0.236. The Morgan fingerprint density at radius 1 is 1.00 bits per heavy atom. The summed E-state index contributed by atoms with van der Waals surface area (Å²) < 4.78 is 0. The van der Waals surface area contributed by atoms with Gasteiger partial charge in [-0.1, -0.05) is 34.6 Å². The van der Waals surface area contributed by atoms with Crippen molar-refractivity contribution >= 4 is 5.91 Å². The molecule has 0 aromatic heterocycles. The lowest BCUT2D eigenvalue weighted by molar-refractivity contribution is -0.127. The topological polar surface area (TPSA) is 44.4 Å². The molecule has 1 aliphatic heterocycles. The van der Waals surface area contributed by atoms with Gasteiger partial charge in [0.2, 0.25) is 5.91 Å². The van der Waals surface area contributed by atoms with E-state index in [-0.39, 0.29) is 5.92 Å². The summed E-state index contributed by atoms with van der Waals surface area (Å²) >= 11 is 0. The van der Waals surface area contributed by atoms with Crippen LogP contribution >= 0.6 is 0 Å². The number of carbonyl (C=O) groups is 1. The van der Waals surface area contributed by atoms with Crippen molar-refractivity contribution in [1.29, 1.82) is 0 Å². The number of amides is 1. The molecule has 0 bridgehead atoms. The number of piperidine rings is 1. The third-order valence-corrected chi connectivity index (χ3v) is 5.58. The third kappa shape index (κ3) is 7.65. The molecule has 4 nitrogen and oxygen atoms in total. The molecule has 0 unspecified atom stereocenters. The van der Waals surface area contributed by atoms with E-state index in [0.29, 0.717) is 29.3 Å². The standard InChI is InChI=1S/C21H41N3O/c1-16(2)14-24-12-10-17(11-13-24)20(25)23-19-8-6-18(7-9-19)22-15-21(3,4)5/h16-19,22H,6-15H2,1-5H3,(H,23,25). The summed E-state index contributed by atoms with van der Waals surface area (Å²) in [7, 11) is 0. The van der Waals surface area contributed by atoms with E-state index in [9.17, 15) is 4.79 Å². The Morgan fingerprint density at radius 2 is 1.56 bits per heavy atom. The fraction of sp³-hybridized carbons (Fsp3) is 0.952. The average molecular weight is 352 g/mol. The Balaban J connectivity index is 1.64. The van der Waals surface area contributed by atoms with E-state index in [2.05, 4.69) is 50.2 Å². The Labute approximate surface area is 155 Å². The number of likely N-dealkylation sites (tertiary alicyclic amines) is 1. The molecule has 0 aromatic rings. The zero-order chi connectivity index (χ0) is 18.4. The second-order valence-corrected chi connectivity index (χ2v) is 9.97. The largest absolute Gasteiger partial charge is 0.353 e. The van der Waals surface area contributed by atoms with Gasteiger partial charge in [-0.05, 0) is 62.9 Å². The van der Waals surface area contributed by atoms with E-state index >= 15 is 0 Å². The molecule has 0 aromatic carbocycles. The van der Waals surface area contributed by atoms with Crippen molar-refractivity contribution in [2.75, 3.05) is 26.2 Å². The summed E-state index contributed by atoms with van der Waals surface area (Å²) in [6.07, 6.45) is 6.68. The van der Waals surface area contributed by atoms with Crippen LogP contribution in [0.2, 0.25) is 0 Å². The zero-order valence-corrected chi connectivity index (χ0v) is 17.2. The van der Waals surface area contributed by atoms with Crippen molar-refractivity contribution in [3.05, 3.63) is 0 Å². The average Bonchev–Trinajstić information content (AvgIpc) is 2.53. The molecule has 1 aliphatic carbocycles. The lowest BCUT2D eigenvalue weighted by Crippen LogP contribution is -2.47. The quantitative estimate of drug-likeness (QED) is 0.771. The fourth-order valence-corrected chi connectivity index (χ4v) is 4.11. The van der Waals surface area contributed by atoms with E-state index in [1.807, 2.05) is 0 Å². The van der Waals surface area contributed by atoms with Gasteiger partial charge >= 0.3 is 0 Å². The molecule has 4 heteroatoms. The first-order valence-corrected chi connectivity index (χ1v) is 10.5. The van der Waals surface area contributed by atoms with Crippen LogP contribution in [0.1, 0.15) is 73.1 Å². The summed E-state index contributed by atoms with van der Waals surface area (Å²) in [6.45, 7) is 15.8. The van der Waals surface area contributed by atoms with E-state index < -0.39 is 0 Å². The maximum atomic E-state index is 12.6. The molecule has 0 radical (unpaired) electrons. The van der Waals surface area contributed by atoms with Crippen LogP contribution in [0.3, 0.4) is 0 Å². The minimum Gasteiger partial charge on any atom is -0.353 e. The van der Waals surface area contributed by atoms with Gasteiger partial charge in [-0.2, -0.15) is 0 Å². The zero-order valence-electron chi connectivity index (χ0n) is 17.2. The van der Waals surface area contributed by atoms with Gasteiger partial charge in [0.1, 0.15) is 0 Å². The van der Waals surface area contributed by atoms with Crippen LogP contribution in [0.15, 0.2) is 0 Å². The molecule has 2 rings (SSSR count). The number of nitrogens with zero attached hydrogens (tertiary/aromatic N) is 1. The highest BCUT2D eigenvalue weighted by atomic mass is 16.1. The number of rotatable bonds is 6. The van der Waals surface area contributed by atoms with Crippen molar-refractivity contribution in [2.24, 2.45) is 17.3 Å². The van der Waals surface area contributed by atoms with Crippen LogP contribution < -0.4 is 10.6 Å². The highest BCUT2D eigenvalue weighted by Crippen LogP contribution is 2.23. The predicted octanol–water partition coefficient (Wildman–Crippen LogP) is 3.42. The van der Waals surface area contributed by atoms with Crippen LogP contribution in [0, 0.1) is 17.3 Å². The molecule has 1 saturated carbocycles. The molecule has 1 amide bonds. The van der Waals surface area contributed by atoms with Crippen molar-refractivity contribution in [3.63, 3.8) is 0 Å². The first-order valence-electron chi connectivity index (χ1n) is 10.5. The second-order valence-electron chi connectivity index (χ2n) is 9.97. The monoisotopic (exact) mass is 351 g/mol. The fourth-order valence-electron chi connectivity index (χ4n) is 4.11. The second kappa shape index (κ2) is 9.36. The molecule has 0 atom stereocenters. The summed E-state index contributed by atoms with van der Waals surface area (Å²) in [4.78, 5) is 15.1. The van der Waals surface area contributed by atoms with Crippen LogP contribution in [-0.4, -0.2) is 49.1 Å². The third-order valence-electron chi connectivity index (χ3n) is 5.58. The Morgan fingerprint density at radius 3 is 2.08 bits per heavy atom. The van der Waals surface area contributed by atoms with Crippen LogP contribution in [0.5, 0.6) is 0 Å². The number of carbonyl (C=O) groups excluding carboxylic acids is 1. The highest BCUT2D eigenvalue weighted by Gasteiger charge is 2.28. The molecule has 2 aliphatic rings. The van der Waals surface area contributed by atoms with E-state index in [0.717, 1.165) is 45.3 Å². The van der Waals surface area contributed by atoms with Crippen molar-refractivity contribution < 1.29 is 4.79 Å². The van der Waals surface area contributed by atoms with Gasteiger partial charge in [0.25, 0.3) is 0 Å². The molecule has 2 N–H and O–H groups in total. The lowest BCUT2D eigenvalue weighted by Gasteiger charge is -2.35. The summed E-state index contributed by atoms with van der Waals surface area (Å²) in [5.41, 5.74) is 0.343. The van der Waals surface area contributed by atoms with Gasteiger partial charge < -0.3 is 15.5 Å². The van der Waals surface area contributed by atoms with Crippen molar-refractivity contribution in [1.82, 2.24) is 15.5 Å². The highest BCUT2D eigenvalue weighted by molar-refractivity contribution is 5.79. The van der Waals surface area contributed by atoms with Gasteiger partial charge in [0.05, 0.1) is 0 Å². The van der Waals surface area contributed by atoms with Gasteiger partial charge in [-0.25, -0.2) is 0 Å². The first-order chi connectivity index (χ1) is 11.7. The van der Waals surface area contributed by atoms with Crippen LogP contribution in [0.4, 0.5) is 0 Å². The Kier molecular flexibility index (Phi) is 7.75. The molecule has 1 saturated heterocycles. The number of nitrogens with one attached hydrogen (secondary N) is 2. The van der Waals surface area contributed by atoms with Crippen molar-refractivity contribution in [3.8, 4) is 0 Å². The first kappa shape index (κ1) is 20.7. The molecule has 25 heavy (non-hydrogen) atoms. The minimum atomic E-state index is 0.236.